The predicted molar refractivity (Wildman–Crippen MR) is 90.8 cm³/mol. The van der Waals surface area contributed by atoms with E-state index in [1.165, 1.54) is 36.8 Å². The van der Waals surface area contributed by atoms with Gasteiger partial charge in [-0.3, -0.25) is 0 Å². The second-order valence-corrected chi connectivity index (χ2v) is 9.46. The molecule has 2 nitrogen and oxygen atoms in total. The summed E-state index contributed by atoms with van der Waals surface area (Å²) in [6.45, 7) is 14.0. The molecule has 0 aromatic heterocycles. The summed E-state index contributed by atoms with van der Waals surface area (Å²) in [6.07, 6.45) is 9.91. The lowest BCUT2D eigenvalue weighted by atomic mass is 9.96. The number of allylic oxidation sites excluding steroid dienone is 2. The van der Waals surface area contributed by atoms with Crippen molar-refractivity contribution >= 4 is 0 Å². The molecule has 0 amide bonds. The number of azo groups is 1. The van der Waals surface area contributed by atoms with Gasteiger partial charge < -0.3 is 0 Å². The van der Waals surface area contributed by atoms with Gasteiger partial charge in [-0.2, -0.15) is 10.2 Å². The van der Waals surface area contributed by atoms with E-state index in [1.54, 1.807) is 0 Å². The molecule has 4 unspecified atom stereocenters. The van der Waals surface area contributed by atoms with Crippen molar-refractivity contribution in [1.82, 2.24) is 0 Å². The van der Waals surface area contributed by atoms with Gasteiger partial charge >= 0.3 is 0 Å². The first-order valence-corrected chi connectivity index (χ1v) is 8.98. The third-order valence-electron chi connectivity index (χ3n) is 7.67. The summed E-state index contributed by atoms with van der Waals surface area (Å²) >= 11 is 0. The van der Waals surface area contributed by atoms with Crippen molar-refractivity contribution in [2.45, 2.75) is 78.3 Å². The Morgan fingerprint density at radius 1 is 0.773 bits per heavy atom. The fourth-order valence-corrected chi connectivity index (χ4v) is 5.76. The third-order valence-corrected chi connectivity index (χ3v) is 7.67. The Labute approximate surface area is 135 Å². The topological polar surface area (TPSA) is 24.7 Å². The number of hydrogen-bond acceptors (Lipinski definition) is 2. The SMILES string of the molecule is CC1=CC2(N=NC34C=C(C)CCC3C4(C)C)C(CC1)C2(C)C. The largest absolute Gasteiger partial charge is 0.181 e. The molecule has 2 heteroatoms. The van der Waals surface area contributed by atoms with Crippen LogP contribution in [0, 0.1) is 22.7 Å². The molecule has 22 heavy (non-hydrogen) atoms. The van der Waals surface area contributed by atoms with E-state index in [0.29, 0.717) is 11.8 Å². The molecule has 4 rings (SSSR count). The van der Waals surface area contributed by atoms with Gasteiger partial charge in [0.15, 0.2) is 0 Å². The molecule has 2 saturated carbocycles. The molecule has 0 N–H and O–H groups in total. The standard InChI is InChI=1S/C20H30N2/c1-13-7-9-15-17(3,4)19(15,11-13)21-22-20-12-14(2)8-10-16(20)18(20,5)6/h11-12,15-16H,7-10H2,1-6H3. The summed E-state index contributed by atoms with van der Waals surface area (Å²) in [5.74, 6) is 1.38. The van der Waals surface area contributed by atoms with Crippen molar-refractivity contribution in [3.8, 4) is 0 Å². The van der Waals surface area contributed by atoms with Gasteiger partial charge in [0.2, 0.25) is 0 Å². The van der Waals surface area contributed by atoms with Crippen molar-refractivity contribution in [3.63, 3.8) is 0 Å². The summed E-state index contributed by atoms with van der Waals surface area (Å²) in [5, 5.41) is 10.1. The van der Waals surface area contributed by atoms with Crippen molar-refractivity contribution < 1.29 is 0 Å². The van der Waals surface area contributed by atoms with E-state index in [2.05, 4.69) is 53.7 Å². The minimum Gasteiger partial charge on any atom is -0.181 e. The summed E-state index contributed by atoms with van der Waals surface area (Å²) in [6, 6.07) is 0. The van der Waals surface area contributed by atoms with Gasteiger partial charge in [0.1, 0.15) is 11.1 Å². The Kier molecular flexibility index (Phi) is 2.62. The van der Waals surface area contributed by atoms with Gasteiger partial charge in [0, 0.05) is 10.8 Å². The lowest BCUT2D eigenvalue weighted by Crippen LogP contribution is -2.18. The summed E-state index contributed by atoms with van der Waals surface area (Å²) < 4.78 is 0. The highest BCUT2D eigenvalue weighted by Crippen LogP contribution is 2.72. The number of fused-ring (bicyclic) bond motifs is 2. The molecule has 0 aliphatic heterocycles. The van der Waals surface area contributed by atoms with Crippen molar-refractivity contribution in [2.24, 2.45) is 32.9 Å². The Morgan fingerprint density at radius 2 is 1.14 bits per heavy atom. The lowest BCUT2D eigenvalue weighted by Gasteiger charge is -2.19. The summed E-state index contributed by atoms with van der Waals surface area (Å²) in [4.78, 5) is 0. The van der Waals surface area contributed by atoms with Gasteiger partial charge in [-0.05, 0) is 51.4 Å². The maximum Gasteiger partial charge on any atom is 0.109 e. The predicted octanol–water partition coefficient (Wildman–Crippen LogP) is 5.71. The van der Waals surface area contributed by atoms with Crippen molar-refractivity contribution in [1.29, 1.82) is 0 Å². The molecular weight excluding hydrogens is 268 g/mol. The first-order chi connectivity index (χ1) is 10.2. The molecule has 0 aromatic rings. The second kappa shape index (κ2) is 3.94. The number of nitrogens with zero attached hydrogens (tertiary/aromatic N) is 2. The zero-order chi connectivity index (χ0) is 16.0. The first kappa shape index (κ1) is 14.7. The molecule has 4 atom stereocenters. The minimum atomic E-state index is -0.00745. The molecule has 4 aliphatic rings. The van der Waals surface area contributed by atoms with E-state index < -0.39 is 0 Å². The van der Waals surface area contributed by atoms with Gasteiger partial charge in [0.05, 0.1) is 0 Å². The van der Waals surface area contributed by atoms with E-state index in [9.17, 15) is 0 Å². The smallest absolute Gasteiger partial charge is 0.109 e. The quantitative estimate of drug-likeness (QED) is 0.461. The lowest BCUT2D eigenvalue weighted by molar-refractivity contribution is 0.494. The van der Waals surface area contributed by atoms with Crippen molar-refractivity contribution in [2.75, 3.05) is 0 Å². The van der Waals surface area contributed by atoms with Crippen LogP contribution in [-0.4, -0.2) is 11.1 Å². The zero-order valence-electron chi connectivity index (χ0n) is 15.0. The van der Waals surface area contributed by atoms with Crippen LogP contribution >= 0.6 is 0 Å². The molecule has 120 valence electrons. The average molecular weight is 298 g/mol. The molecule has 0 saturated heterocycles. The normalized spacial score (nSPS) is 47.4. The van der Waals surface area contributed by atoms with Crippen LogP contribution < -0.4 is 0 Å². The Bertz CT molecular complexity index is 568. The molecule has 4 aliphatic carbocycles. The average Bonchev–Trinajstić information content (AvgIpc) is 3.12. The minimum absolute atomic E-state index is 0.00745. The summed E-state index contributed by atoms with van der Waals surface area (Å²) in [7, 11) is 0. The summed E-state index contributed by atoms with van der Waals surface area (Å²) in [5.41, 5.74) is 3.55. The maximum atomic E-state index is 5.06. The van der Waals surface area contributed by atoms with E-state index in [4.69, 9.17) is 10.2 Å². The van der Waals surface area contributed by atoms with Crippen LogP contribution in [-0.2, 0) is 0 Å². The molecule has 0 heterocycles. The van der Waals surface area contributed by atoms with Crippen LogP contribution in [0.25, 0.3) is 0 Å². The monoisotopic (exact) mass is 298 g/mol. The fraction of sp³-hybridized carbons (Fsp3) is 0.800. The van der Waals surface area contributed by atoms with Gasteiger partial charge in [-0.1, -0.05) is 51.0 Å². The molecule has 0 bridgehead atoms. The van der Waals surface area contributed by atoms with Crippen molar-refractivity contribution in [3.05, 3.63) is 23.3 Å². The van der Waals surface area contributed by atoms with E-state index in [1.807, 2.05) is 0 Å². The molecule has 0 spiro atoms. The fourth-order valence-electron chi connectivity index (χ4n) is 5.76. The highest BCUT2D eigenvalue weighted by atomic mass is 15.3. The highest BCUT2D eigenvalue weighted by Gasteiger charge is 2.74. The zero-order valence-corrected chi connectivity index (χ0v) is 15.0. The highest BCUT2D eigenvalue weighted by molar-refractivity contribution is 5.40. The molecular formula is C20H30N2. The van der Waals surface area contributed by atoms with E-state index >= 15 is 0 Å². The Hall–Kier alpha value is -0.920. The van der Waals surface area contributed by atoms with Crippen LogP contribution in [0.5, 0.6) is 0 Å². The first-order valence-electron chi connectivity index (χ1n) is 8.98. The molecule has 0 radical (unpaired) electrons. The Morgan fingerprint density at radius 3 is 1.50 bits per heavy atom. The van der Waals surface area contributed by atoms with Crippen LogP contribution in [0.15, 0.2) is 33.5 Å². The van der Waals surface area contributed by atoms with Crippen LogP contribution in [0.2, 0.25) is 0 Å². The Balaban J connectivity index is 1.71. The van der Waals surface area contributed by atoms with E-state index in [0.717, 1.165) is 0 Å². The van der Waals surface area contributed by atoms with E-state index in [-0.39, 0.29) is 21.9 Å². The number of rotatable bonds is 2. The van der Waals surface area contributed by atoms with Crippen LogP contribution in [0.1, 0.15) is 67.2 Å². The molecule has 0 aromatic carbocycles. The van der Waals surface area contributed by atoms with Gasteiger partial charge in [-0.15, -0.1) is 0 Å². The van der Waals surface area contributed by atoms with Crippen LogP contribution in [0.3, 0.4) is 0 Å². The van der Waals surface area contributed by atoms with Gasteiger partial charge in [0.25, 0.3) is 0 Å². The van der Waals surface area contributed by atoms with Crippen LogP contribution in [0.4, 0.5) is 0 Å². The number of hydrogen-bond donors (Lipinski definition) is 0. The molecule has 2 fully saturated rings. The second-order valence-electron chi connectivity index (χ2n) is 9.46. The maximum absolute atomic E-state index is 5.06. The third kappa shape index (κ3) is 1.52. The van der Waals surface area contributed by atoms with Gasteiger partial charge in [-0.25, -0.2) is 0 Å².